The van der Waals surface area contributed by atoms with E-state index in [-0.39, 0.29) is 17.4 Å². The molecule has 10 heteroatoms. The first-order valence-corrected chi connectivity index (χ1v) is 13.5. The summed E-state index contributed by atoms with van der Waals surface area (Å²) in [6.07, 6.45) is -0.468. The van der Waals surface area contributed by atoms with Crippen LogP contribution in [0, 0.1) is 0 Å². The molecule has 0 radical (unpaired) electrons. The Hall–Kier alpha value is -3.47. The normalized spacial score (nSPS) is 15.0. The number of carbonyl (C=O) groups excluding carboxylic acids is 2. The van der Waals surface area contributed by atoms with Crippen LogP contribution in [0.25, 0.3) is 10.8 Å². The summed E-state index contributed by atoms with van der Waals surface area (Å²) in [6, 6.07) is 18.1. The van der Waals surface area contributed by atoms with Crippen molar-refractivity contribution in [3.8, 4) is 0 Å². The predicted molar refractivity (Wildman–Crippen MR) is 141 cm³/mol. The second kappa shape index (κ2) is 10.9. The van der Waals surface area contributed by atoms with Gasteiger partial charge in [-0.25, -0.2) is 17.9 Å². The maximum atomic E-state index is 13.4. The molecule has 3 N–H and O–H groups in total. The number of hydrogen-bond acceptors (Lipinski definition) is 6. The topological polar surface area (TPSA) is 123 Å². The van der Waals surface area contributed by atoms with Gasteiger partial charge in [0.2, 0.25) is 15.9 Å². The van der Waals surface area contributed by atoms with Crippen molar-refractivity contribution in [2.75, 3.05) is 18.5 Å². The lowest BCUT2D eigenvalue weighted by atomic mass is 10.0. The van der Waals surface area contributed by atoms with Gasteiger partial charge in [-0.3, -0.25) is 4.79 Å². The third kappa shape index (κ3) is 6.85. The summed E-state index contributed by atoms with van der Waals surface area (Å²) in [5.41, 5.74) is 0.557. The van der Waals surface area contributed by atoms with Crippen LogP contribution in [0.5, 0.6) is 0 Å². The Kier molecular flexibility index (Phi) is 7.82. The van der Waals surface area contributed by atoms with Crippen LogP contribution in [0.4, 0.5) is 10.5 Å². The third-order valence-electron chi connectivity index (χ3n) is 5.68. The van der Waals surface area contributed by atoms with Crippen LogP contribution >= 0.6 is 0 Å². The Balaban J connectivity index is 1.61. The van der Waals surface area contributed by atoms with Crippen molar-refractivity contribution >= 4 is 38.5 Å². The SMILES string of the molecule is CC(C)(C)OC(=O)N[C@@H](Cc1ccccc1)C(=O)Nc1cccc2c(S(=O)(=O)NC3COC3)cccc12. The van der Waals surface area contributed by atoms with Gasteiger partial charge in [0.1, 0.15) is 11.6 Å². The van der Waals surface area contributed by atoms with Gasteiger partial charge in [0, 0.05) is 22.9 Å². The number of carbonyl (C=O) groups is 2. The minimum atomic E-state index is -3.80. The molecule has 3 aromatic rings. The van der Waals surface area contributed by atoms with E-state index < -0.39 is 33.7 Å². The Morgan fingerprint density at radius 3 is 2.30 bits per heavy atom. The molecule has 2 amide bonds. The smallest absolute Gasteiger partial charge is 0.408 e. The molecular weight excluding hydrogens is 494 g/mol. The highest BCUT2D eigenvalue weighted by atomic mass is 32.2. The Bertz CT molecular complexity index is 1380. The highest BCUT2D eigenvalue weighted by molar-refractivity contribution is 7.89. The molecule has 196 valence electrons. The number of rotatable bonds is 8. The first-order valence-electron chi connectivity index (χ1n) is 12.0. The molecule has 0 saturated carbocycles. The van der Waals surface area contributed by atoms with Crippen molar-refractivity contribution in [2.24, 2.45) is 0 Å². The highest BCUT2D eigenvalue weighted by Gasteiger charge is 2.28. The summed E-state index contributed by atoms with van der Waals surface area (Å²) >= 11 is 0. The molecular formula is C27H31N3O6S. The fraction of sp³-hybridized carbons (Fsp3) is 0.333. The number of sulfonamides is 1. The van der Waals surface area contributed by atoms with Crippen molar-refractivity contribution in [3.05, 3.63) is 72.3 Å². The van der Waals surface area contributed by atoms with E-state index in [0.29, 0.717) is 29.7 Å². The molecule has 0 unspecified atom stereocenters. The number of nitrogens with one attached hydrogen (secondary N) is 3. The molecule has 1 saturated heterocycles. The van der Waals surface area contributed by atoms with Crippen molar-refractivity contribution in [1.29, 1.82) is 0 Å². The lowest BCUT2D eigenvalue weighted by molar-refractivity contribution is -0.118. The summed E-state index contributed by atoms with van der Waals surface area (Å²) in [6.45, 7) is 5.89. The van der Waals surface area contributed by atoms with Crippen LogP contribution in [0.3, 0.4) is 0 Å². The van der Waals surface area contributed by atoms with Crippen LogP contribution in [0.15, 0.2) is 71.6 Å². The number of ether oxygens (including phenoxy) is 2. The molecule has 9 nitrogen and oxygen atoms in total. The molecule has 1 fully saturated rings. The number of anilines is 1. The van der Waals surface area contributed by atoms with Crippen molar-refractivity contribution in [3.63, 3.8) is 0 Å². The van der Waals surface area contributed by atoms with Crippen molar-refractivity contribution in [1.82, 2.24) is 10.0 Å². The van der Waals surface area contributed by atoms with Gasteiger partial charge in [-0.2, -0.15) is 0 Å². The summed E-state index contributed by atoms with van der Waals surface area (Å²) in [5.74, 6) is -0.458. The van der Waals surface area contributed by atoms with Gasteiger partial charge in [-0.15, -0.1) is 0 Å². The number of fused-ring (bicyclic) bond motifs is 1. The predicted octanol–water partition coefficient (Wildman–Crippen LogP) is 3.59. The van der Waals surface area contributed by atoms with Gasteiger partial charge < -0.3 is 20.1 Å². The van der Waals surface area contributed by atoms with Gasteiger partial charge in [-0.05, 0) is 38.5 Å². The zero-order chi connectivity index (χ0) is 26.6. The molecule has 1 aliphatic rings. The first-order chi connectivity index (χ1) is 17.5. The van der Waals surface area contributed by atoms with Gasteiger partial charge in [-0.1, -0.05) is 54.6 Å². The summed E-state index contributed by atoms with van der Waals surface area (Å²) in [4.78, 5) is 26.0. The van der Waals surface area contributed by atoms with E-state index in [1.54, 1.807) is 51.1 Å². The Labute approximate surface area is 216 Å². The molecule has 1 atom stereocenters. The highest BCUT2D eigenvalue weighted by Crippen LogP contribution is 2.29. The number of benzene rings is 3. The lowest BCUT2D eigenvalue weighted by Crippen LogP contribution is -2.48. The summed E-state index contributed by atoms with van der Waals surface area (Å²) in [7, 11) is -3.80. The largest absolute Gasteiger partial charge is 0.444 e. The van der Waals surface area contributed by atoms with Crippen LogP contribution in [0.2, 0.25) is 0 Å². The number of amides is 2. The lowest BCUT2D eigenvalue weighted by Gasteiger charge is -2.26. The second-order valence-corrected chi connectivity index (χ2v) is 11.6. The van der Waals surface area contributed by atoms with Gasteiger partial charge >= 0.3 is 6.09 Å². The van der Waals surface area contributed by atoms with E-state index in [0.717, 1.165) is 5.56 Å². The molecule has 1 heterocycles. The molecule has 37 heavy (non-hydrogen) atoms. The maximum Gasteiger partial charge on any atom is 0.408 e. The van der Waals surface area contributed by atoms with Gasteiger partial charge in [0.25, 0.3) is 0 Å². The van der Waals surface area contributed by atoms with E-state index in [4.69, 9.17) is 9.47 Å². The van der Waals surface area contributed by atoms with Crippen LogP contribution in [-0.4, -0.2) is 51.3 Å². The average molecular weight is 526 g/mol. The zero-order valence-electron chi connectivity index (χ0n) is 21.0. The third-order valence-corrected chi connectivity index (χ3v) is 7.26. The molecule has 0 bridgehead atoms. The molecule has 1 aliphatic heterocycles. The first kappa shape index (κ1) is 26.6. The van der Waals surface area contributed by atoms with E-state index in [1.807, 2.05) is 30.3 Å². The quantitative estimate of drug-likeness (QED) is 0.413. The fourth-order valence-electron chi connectivity index (χ4n) is 3.94. The number of alkyl carbamates (subject to hydrolysis) is 1. The molecule has 0 aromatic heterocycles. The van der Waals surface area contributed by atoms with Gasteiger partial charge in [0.15, 0.2) is 0 Å². The zero-order valence-corrected chi connectivity index (χ0v) is 21.8. The fourth-order valence-corrected chi connectivity index (χ4v) is 5.37. The summed E-state index contributed by atoms with van der Waals surface area (Å²) < 4.78 is 39.1. The van der Waals surface area contributed by atoms with Crippen LogP contribution in [0.1, 0.15) is 26.3 Å². The molecule has 3 aromatic carbocycles. The minimum Gasteiger partial charge on any atom is -0.444 e. The van der Waals surface area contributed by atoms with Crippen molar-refractivity contribution in [2.45, 2.75) is 49.8 Å². The standard InChI is InChI=1S/C27H31N3O6S/c1-27(2,3)36-26(32)29-23(15-18-9-5-4-6-10-18)25(31)28-22-13-7-12-21-20(22)11-8-14-24(21)37(33,34)30-19-16-35-17-19/h4-14,19,23,30H,15-17H2,1-3H3,(H,28,31)(H,29,32)/t23-/m0/s1. The van der Waals surface area contributed by atoms with Crippen LogP contribution in [-0.2, 0) is 30.7 Å². The van der Waals surface area contributed by atoms with Crippen LogP contribution < -0.4 is 15.4 Å². The minimum absolute atomic E-state index is 0.112. The Morgan fingerprint density at radius 1 is 0.973 bits per heavy atom. The van der Waals surface area contributed by atoms with E-state index in [2.05, 4.69) is 15.4 Å². The van der Waals surface area contributed by atoms with Crippen molar-refractivity contribution < 1.29 is 27.5 Å². The molecule has 4 rings (SSSR count). The second-order valence-electron chi connectivity index (χ2n) is 9.89. The monoisotopic (exact) mass is 525 g/mol. The van der Waals surface area contributed by atoms with E-state index in [9.17, 15) is 18.0 Å². The number of hydrogen-bond donors (Lipinski definition) is 3. The van der Waals surface area contributed by atoms with E-state index in [1.165, 1.54) is 6.07 Å². The maximum absolute atomic E-state index is 13.4. The molecule has 0 spiro atoms. The van der Waals surface area contributed by atoms with E-state index >= 15 is 0 Å². The summed E-state index contributed by atoms with van der Waals surface area (Å²) in [5, 5.41) is 6.56. The Morgan fingerprint density at radius 2 is 1.65 bits per heavy atom. The average Bonchev–Trinajstić information content (AvgIpc) is 2.80. The molecule has 0 aliphatic carbocycles. The van der Waals surface area contributed by atoms with Gasteiger partial charge in [0.05, 0.1) is 24.2 Å².